The summed E-state index contributed by atoms with van der Waals surface area (Å²) in [6, 6.07) is 0.353. The van der Waals surface area contributed by atoms with Crippen LogP contribution in [0.4, 0.5) is 0 Å². The van der Waals surface area contributed by atoms with Crippen LogP contribution in [-0.4, -0.2) is 11.6 Å². The van der Waals surface area contributed by atoms with Crippen molar-refractivity contribution in [2.75, 3.05) is 0 Å². The molecule has 3 nitrogen and oxygen atoms in total. The van der Waals surface area contributed by atoms with Gasteiger partial charge in [-0.25, -0.2) is 4.99 Å². The van der Waals surface area contributed by atoms with Crippen molar-refractivity contribution in [3.05, 3.63) is 11.8 Å². The van der Waals surface area contributed by atoms with E-state index in [2.05, 4.69) is 11.9 Å². The normalized spacial score (nSPS) is 27.8. The molecule has 0 aromatic carbocycles. The van der Waals surface area contributed by atoms with Gasteiger partial charge in [0.2, 0.25) is 0 Å². The fraction of sp³-hybridized carbons (Fsp3) is 0.786. The molecule has 1 aliphatic heterocycles. The lowest BCUT2D eigenvalue weighted by Gasteiger charge is -2.38. The Morgan fingerprint density at radius 3 is 3.06 bits per heavy atom. The zero-order chi connectivity index (χ0) is 12.1. The second-order valence-corrected chi connectivity index (χ2v) is 5.26. The predicted molar refractivity (Wildman–Crippen MR) is 70.7 cm³/mol. The third-order valence-corrected chi connectivity index (χ3v) is 3.97. The molecule has 0 spiro atoms. The molecule has 1 heterocycles. The highest BCUT2D eigenvalue weighted by atomic mass is 16.5. The first kappa shape index (κ1) is 12.5. The lowest BCUT2D eigenvalue weighted by atomic mass is 9.74. The van der Waals surface area contributed by atoms with Crippen LogP contribution in [0.25, 0.3) is 0 Å². The molecular weight excluding hydrogens is 212 g/mol. The summed E-state index contributed by atoms with van der Waals surface area (Å²) in [4.78, 5) is 4.64. The molecule has 0 aromatic heterocycles. The molecule has 0 radical (unpaired) electrons. The van der Waals surface area contributed by atoms with Crippen LogP contribution in [-0.2, 0) is 4.74 Å². The minimum atomic E-state index is -0.00563. The number of aliphatic imine (C=N–C) groups is 1. The zero-order valence-electron chi connectivity index (χ0n) is 10.9. The maximum Gasteiger partial charge on any atom is 0.287 e. The highest BCUT2D eigenvalue weighted by Gasteiger charge is 2.38. The molecule has 17 heavy (non-hydrogen) atoms. The van der Waals surface area contributed by atoms with Crippen molar-refractivity contribution in [3.8, 4) is 0 Å². The van der Waals surface area contributed by atoms with E-state index in [-0.39, 0.29) is 5.54 Å². The summed E-state index contributed by atoms with van der Waals surface area (Å²) in [5.41, 5.74) is 7.10. The van der Waals surface area contributed by atoms with Crippen LogP contribution in [0.15, 0.2) is 16.8 Å². The second kappa shape index (κ2) is 5.56. The van der Waals surface area contributed by atoms with Crippen molar-refractivity contribution in [2.24, 2.45) is 10.7 Å². The summed E-state index contributed by atoms with van der Waals surface area (Å²) in [5.74, 6) is 0. The fourth-order valence-electron chi connectivity index (χ4n) is 2.98. The molecule has 0 saturated heterocycles. The summed E-state index contributed by atoms with van der Waals surface area (Å²) in [7, 11) is 0. The lowest BCUT2D eigenvalue weighted by Crippen LogP contribution is -2.38. The Kier molecular flexibility index (Phi) is 4.08. The first-order chi connectivity index (χ1) is 8.27. The fourth-order valence-corrected chi connectivity index (χ4v) is 2.98. The Labute approximate surface area is 104 Å². The smallest absolute Gasteiger partial charge is 0.287 e. The summed E-state index contributed by atoms with van der Waals surface area (Å²) in [6.45, 7) is 2.24. The van der Waals surface area contributed by atoms with Gasteiger partial charge in [0.25, 0.3) is 6.02 Å². The molecule has 3 heteroatoms. The third kappa shape index (κ3) is 2.82. The van der Waals surface area contributed by atoms with E-state index >= 15 is 0 Å². The summed E-state index contributed by atoms with van der Waals surface area (Å²) < 4.78 is 5.27. The number of amidine groups is 1. The average Bonchev–Trinajstić information content (AvgIpc) is 2.34. The molecule has 2 N–H and O–H groups in total. The van der Waals surface area contributed by atoms with E-state index in [1.165, 1.54) is 44.1 Å². The first-order valence-corrected chi connectivity index (χ1v) is 6.98. The van der Waals surface area contributed by atoms with Crippen molar-refractivity contribution < 1.29 is 4.74 Å². The van der Waals surface area contributed by atoms with Gasteiger partial charge in [0.15, 0.2) is 0 Å². The predicted octanol–water partition coefficient (Wildman–Crippen LogP) is 3.50. The van der Waals surface area contributed by atoms with Crippen LogP contribution >= 0.6 is 0 Å². The maximum atomic E-state index is 5.74. The number of nitrogens with two attached hydrogens (primary N) is 1. The maximum absolute atomic E-state index is 5.74. The Bertz CT molecular complexity index is 322. The van der Waals surface area contributed by atoms with E-state index in [9.17, 15) is 0 Å². The minimum Gasteiger partial charge on any atom is -0.434 e. The van der Waals surface area contributed by atoms with Crippen molar-refractivity contribution in [1.29, 1.82) is 0 Å². The van der Waals surface area contributed by atoms with Crippen LogP contribution in [0.3, 0.4) is 0 Å². The van der Waals surface area contributed by atoms with Crippen molar-refractivity contribution in [1.82, 2.24) is 0 Å². The van der Waals surface area contributed by atoms with Gasteiger partial charge in [0, 0.05) is 0 Å². The molecule has 0 bridgehead atoms. The van der Waals surface area contributed by atoms with Gasteiger partial charge in [-0.1, -0.05) is 39.0 Å². The molecule has 1 unspecified atom stereocenters. The summed E-state index contributed by atoms with van der Waals surface area (Å²) in [5, 5.41) is 0. The van der Waals surface area contributed by atoms with E-state index in [1.807, 2.05) is 6.26 Å². The van der Waals surface area contributed by atoms with Gasteiger partial charge in [-0.15, -0.1) is 0 Å². The number of hydrogen-bond acceptors (Lipinski definition) is 3. The zero-order valence-corrected chi connectivity index (χ0v) is 10.9. The highest BCUT2D eigenvalue weighted by Crippen LogP contribution is 2.42. The molecular formula is C14H24N2O. The molecule has 96 valence electrons. The van der Waals surface area contributed by atoms with E-state index in [1.54, 1.807) is 0 Å². The van der Waals surface area contributed by atoms with Crippen LogP contribution < -0.4 is 5.73 Å². The van der Waals surface area contributed by atoms with Crippen molar-refractivity contribution >= 4 is 6.02 Å². The number of unbranched alkanes of at least 4 members (excludes halogenated alkanes) is 3. The van der Waals surface area contributed by atoms with E-state index < -0.39 is 0 Å². The molecule has 1 fully saturated rings. The van der Waals surface area contributed by atoms with Gasteiger partial charge in [0.05, 0.1) is 11.8 Å². The molecule has 0 amide bonds. The molecule has 2 aliphatic rings. The van der Waals surface area contributed by atoms with E-state index in [0.29, 0.717) is 6.02 Å². The lowest BCUT2D eigenvalue weighted by molar-refractivity contribution is 0.302. The van der Waals surface area contributed by atoms with Gasteiger partial charge < -0.3 is 10.5 Å². The third-order valence-electron chi connectivity index (χ3n) is 3.97. The Morgan fingerprint density at radius 2 is 2.24 bits per heavy atom. The molecule has 1 saturated carbocycles. The Hall–Kier alpha value is -0.990. The van der Waals surface area contributed by atoms with Gasteiger partial charge in [0.1, 0.15) is 0 Å². The standard InChI is InChI=1S/C14H24N2O/c1-2-3-4-6-9-14-10-7-5-8-12(14)11-17-13(15)16-14/h11H,2-10H2,1H3,(H2,15,16). The number of ether oxygens (including phenoxy) is 1. The average molecular weight is 236 g/mol. The number of nitrogens with zero attached hydrogens (tertiary/aromatic N) is 1. The number of hydrogen-bond donors (Lipinski definition) is 1. The number of fused-ring (bicyclic) bond motifs is 1. The molecule has 2 rings (SSSR count). The first-order valence-electron chi connectivity index (χ1n) is 6.98. The van der Waals surface area contributed by atoms with E-state index in [0.717, 1.165) is 19.3 Å². The van der Waals surface area contributed by atoms with E-state index in [4.69, 9.17) is 10.5 Å². The van der Waals surface area contributed by atoms with Crippen LogP contribution in [0.2, 0.25) is 0 Å². The second-order valence-electron chi connectivity index (χ2n) is 5.26. The van der Waals surface area contributed by atoms with Crippen molar-refractivity contribution in [2.45, 2.75) is 70.3 Å². The van der Waals surface area contributed by atoms with Gasteiger partial charge in [-0.05, 0) is 31.3 Å². The molecule has 1 atom stereocenters. The van der Waals surface area contributed by atoms with Gasteiger partial charge in [-0.2, -0.15) is 0 Å². The topological polar surface area (TPSA) is 47.6 Å². The largest absolute Gasteiger partial charge is 0.434 e. The highest BCUT2D eigenvalue weighted by molar-refractivity contribution is 5.74. The molecule has 1 aliphatic carbocycles. The summed E-state index contributed by atoms with van der Waals surface area (Å²) in [6.07, 6.45) is 13.0. The van der Waals surface area contributed by atoms with Crippen LogP contribution in [0.5, 0.6) is 0 Å². The SMILES string of the molecule is CCCCCCC12CCCCC1=COC(N)=N2. The quantitative estimate of drug-likeness (QED) is 0.743. The summed E-state index contributed by atoms with van der Waals surface area (Å²) >= 11 is 0. The van der Waals surface area contributed by atoms with Crippen LogP contribution in [0, 0.1) is 0 Å². The minimum absolute atomic E-state index is 0.00563. The molecule has 0 aromatic rings. The Balaban J connectivity index is 2.01. The van der Waals surface area contributed by atoms with Gasteiger partial charge >= 0.3 is 0 Å². The Morgan fingerprint density at radius 1 is 1.35 bits per heavy atom. The van der Waals surface area contributed by atoms with Crippen LogP contribution in [0.1, 0.15) is 64.7 Å². The number of rotatable bonds is 5. The van der Waals surface area contributed by atoms with Gasteiger partial charge in [-0.3, -0.25) is 0 Å². The monoisotopic (exact) mass is 236 g/mol. The van der Waals surface area contributed by atoms with Crippen molar-refractivity contribution in [3.63, 3.8) is 0 Å².